The first-order valence-corrected chi connectivity index (χ1v) is 8.69. The zero-order valence-electron chi connectivity index (χ0n) is 15.3. The van der Waals surface area contributed by atoms with E-state index in [1.807, 2.05) is 13.8 Å². The Labute approximate surface area is 155 Å². The van der Waals surface area contributed by atoms with Gasteiger partial charge in [0.15, 0.2) is 5.76 Å². The maximum atomic E-state index is 12.7. The summed E-state index contributed by atoms with van der Waals surface area (Å²) >= 11 is 0. The van der Waals surface area contributed by atoms with Crippen molar-refractivity contribution in [3.63, 3.8) is 0 Å². The van der Waals surface area contributed by atoms with Crippen molar-refractivity contribution in [2.24, 2.45) is 0 Å². The number of rotatable bonds is 2. The van der Waals surface area contributed by atoms with Crippen LogP contribution in [0.3, 0.4) is 0 Å². The molecule has 0 saturated heterocycles. The van der Waals surface area contributed by atoms with Gasteiger partial charge in [0.2, 0.25) is 11.2 Å². The summed E-state index contributed by atoms with van der Waals surface area (Å²) in [5, 5.41) is 20.7. The standard InChI is InChI=1S/C21H20O6/c1-21(2)9-8-13-15(27-21)10-14(22)16-17(23)18(24)19(26-20(13)16)11-4-6-12(25-3)7-5-11/h4-7,10,22,24H,8-9H2,1-3H3. The second-order valence-electron chi connectivity index (χ2n) is 7.28. The van der Waals surface area contributed by atoms with E-state index in [0.717, 1.165) is 6.42 Å². The Morgan fingerprint density at radius 2 is 1.85 bits per heavy atom. The minimum atomic E-state index is -0.674. The summed E-state index contributed by atoms with van der Waals surface area (Å²) in [6, 6.07) is 8.22. The van der Waals surface area contributed by atoms with Crippen molar-refractivity contribution in [3.05, 3.63) is 46.1 Å². The van der Waals surface area contributed by atoms with Gasteiger partial charge >= 0.3 is 0 Å². The highest BCUT2D eigenvalue weighted by atomic mass is 16.5. The van der Waals surface area contributed by atoms with Gasteiger partial charge in [-0.15, -0.1) is 0 Å². The zero-order chi connectivity index (χ0) is 19.3. The first kappa shape index (κ1) is 17.3. The SMILES string of the molecule is COc1ccc(-c2oc3c4c(cc(O)c3c(=O)c2O)OC(C)(C)CC4)cc1. The van der Waals surface area contributed by atoms with E-state index in [4.69, 9.17) is 13.9 Å². The van der Waals surface area contributed by atoms with E-state index in [9.17, 15) is 15.0 Å². The average Bonchev–Trinajstić information content (AvgIpc) is 2.63. The van der Waals surface area contributed by atoms with Gasteiger partial charge in [-0.2, -0.15) is 0 Å². The van der Waals surface area contributed by atoms with E-state index >= 15 is 0 Å². The van der Waals surface area contributed by atoms with Crippen molar-refractivity contribution >= 4 is 11.0 Å². The maximum absolute atomic E-state index is 12.7. The lowest BCUT2D eigenvalue weighted by Crippen LogP contribution is -2.32. The molecular formula is C21H20O6. The molecule has 2 heterocycles. The highest BCUT2D eigenvalue weighted by molar-refractivity contribution is 5.91. The second kappa shape index (κ2) is 5.94. The molecule has 0 atom stereocenters. The van der Waals surface area contributed by atoms with Gasteiger partial charge < -0.3 is 24.1 Å². The molecule has 6 nitrogen and oxygen atoms in total. The number of phenols is 1. The number of phenolic OH excluding ortho intramolecular Hbond substituents is 1. The van der Waals surface area contributed by atoms with Crippen LogP contribution in [0.5, 0.6) is 23.0 Å². The van der Waals surface area contributed by atoms with Crippen molar-refractivity contribution in [1.82, 2.24) is 0 Å². The molecule has 1 aromatic heterocycles. The number of fused-ring (bicyclic) bond motifs is 3. The summed E-state index contributed by atoms with van der Waals surface area (Å²) in [4.78, 5) is 12.7. The largest absolute Gasteiger partial charge is 0.507 e. The molecule has 0 aliphatic carbocycles. The molecule has 0 radical (unpaired) electrons. The van der Waals surface area contributed by atoms with Gasteiger partial charge in [0.25, 0.3) is 0 Å². The normalized spacial score (nSPS) is 15.2. The van der Waals surface area contributed by atoms with Crippen LogP contribution in [0.4, 0.5) is 0 Å². The average molecular weight is 368 g/mol. The van der Waals surface area contributed by atoms with Crippen LogP contribution in [0.25, 0.3) is 22.3 Å². The number of methoxy groups -OCH3 is 1. The van der Waals surface area contributed by atoms with Gasteiger partial charge in [0, 0.05) is 17.2 Å². The van der Waals surface area contributed by atoms with Crippen LogP contribution in [-0.4, -0.2) is 22.9 Å². The maximum Gasteiger partial charge on any atom is 0.238 e. The molecule has 1 aliphatic rings. The Morgan fingerprint density at radius 1 is 1.15 bits per heavy atom. The summed E-state index contributed by atoms with van der Waals surface area (Å²) in [5.74, 6) is 0.373. The Kier molecular flexibility index (Phi) is 3.80. The second-order valence-corrected chi connectivity index (χ2v) is 7.28. The van der Waals surface area contributed by atoms with E-state index in [1.165, 1.54) is 6.07 Å². The summed E-state index contributed by atoms with van der Waals surface area (Å²) < 4.78 is 17.0. The quantitative estimate of drug-likeness (QED) is 0.711. The van der Waals surface area contributed by atoms with Crippen molar-refractivity contribution in [3.8, 4) is 34.3 Å². The Morgan fingerprint density at radius 3 is 2.52 bits per heavy atom. The predicted molar refractivity (Wildman–Crippen MR) is 101 cm³/mol. The number of hydrogen-bond donors (Lipinski definition) is 2. The van der Waals surface area contributed by atoms with Gasteiger partial charge in [-0.3, -0.25) is 4.79 Å². The molecule has 0 unspecified atom stereocenters. The number of benzene rings is 2. The summed E-state index contributed by atoms with van der Waals surface area (Å²) in [6.07, 6.45) is 1.37. The Balaban J connectivity index is 1.99. The van der Waals surface area contributed by atoms with Crippen molar-refractivity contribution in [2.45, 2.75) is 32.3 Å². The topological polar surface area (TPSA) is 89.1 Å². The molecule has 6 heteroatoms. The number of aromatic hydroxyl groups is 2. The van der Waals surface area contributed by atoms with Crippen LogP contribution in [0.1, 0.15) is 25.8 Å². The van der Waals surface area contributed by atoms with Gasteiger partial charge in [-0.1, -0.05) is 0 Å². The van der Waals surface area contributed by atoms with Crippen LogP contribution in [-0.2, 0) is 6.42 Å². The van der Waals surface area contributed by atoms with E-state index in [2.05, 4.69) is 0 Å². The van der Waals surface area contributed by atoms with Crippen molar-refractivity contribution in [1.29, 1.82) is 0 Å². The lowest BCUT2D eigenvalue weighted by atomic mass is 9.92. The highest BCUT2D eigenvalue weighted by Crippen LogP contribution is 2.43. The lowest BCUT2D eigenvalue weighted by Gasteiger charge is -2.32. The first-order valence-electron chi connectivity index (χ1n) is 8.69. The fourth-order valence-corrected chi connectivity index (χ4v) is 3.41. The molecular weight excluding hydrogens is 348 g/mol. The lowest BCUT2D eigenvalue weighted by molar-refractivity contribution is 0.0846. The van der Waals surface area contributed by atoms with Crippen LogP contribution < -0.4 is 14.9 Å². The van der Waals surface area contributed by atoms with Crippen LogP contribution >= 0.6 is 0 Å². The molecule has 2 N–H and O–H groups in total. The van der Waals surface area contributed by atoms with Gasteiger partial charge in [0.05, 0.1) is 7.11 Å². The minimum absolute atomic E-state index is 0.0354. The van der Waals surface area contributed by atoms with Crippen LogP contribution in [0.2, 0.25) is 0 Å². The molecule has 4 rings (SSSR count). The fourth-order valence-electron chi connectivity index (χ4n) is 3.41. The molecule has 27 heavy (non-hydrogen) atoms. The molecule has 2 aromatic carbocycles. The molecule has 0 spiro atoms. The number of aryl methyl sites for hydroxylation is 1. The third kappa shape index (κ3) is 2.77. The molecule has 140 valence electrons. The van der Waals surface area contributed by atoms with Crippen molar-refractivity contribution in [2.75, 3.05) is 7.11 Å². The van der Waals surface area contributed by atoms with Gasteiger partial charge in [-0.05, 0) is 51.0 Å². The fraction of sp³-hybridized carbons (Fsp3) is 0.286. The van der Waals surface area contributed by atoms with Crippen molar-refractivity contribution < 1.29 is 24.1 Å². The molecule has 3 aromatic rings. The molecule has 1 aliphatic heterocycles. The minimum Gasteiger partial charge on any atom is -0.507 e. The molecule has 0 amide bonds. The Bertz CT molecular complexity index is 1090. The Hall–Kier alpha value is -3.15. The summed E-state index contributed by atoms with van der Waals surface area (Å²) in [7, 11) is 1.55. The molecule has 0 saturated carbocycles. The monoisotopic (exact) mass is 368 g/mol. The molecule has 0 fully saturated rings. The van der Waals surface area contributed by atoms with E-state index in [-0.39, 0.29) is 28.1 Å². The van der Waals surface area contributed by atoms with E-state index < -0.39 is 11.2 Å². The zero-order valence-corrected chi connectivity index (χ0v) is 15.3. The summed E-state index contributed by atoms with van der Waals surface area (Å²) in [5.41, 5.74) is 0.445. The smallest absolute Gasteiger partial charge is 0.238 e. The van der Waals surface area contributed by atoms with Crippen LogP contribution in [0.15, 0.2) is 39.5 Å². The summed E-state index contributed by atoms with van der Waals surface area (Å²) in [6.45, 7) is 3.93. The van der Waals surface area contributed by atoms with E-state index in [0.29, 0.717) is 29.0 Å². The van der Waals surface area contributed by atoms with Gasteiger partial charge in [-0.25, -0.2) is 0 Å². The third-order valence-corrected chi connectivity index (χ3v) is 4.90. The number of ether oxygens (including phenoxy) is 2. The number of hydrogen-bond acceptors (Lipinski definition) is 6. The van der Waals surface area contributed by atoms with E-state index in [1.54, 1.807) is 31.4 Å². The van der Waals surface area contributed by atoms with Crippen LogP contribution in [0, 0.1) is 0 Å². The first-order chi connectivity index (χ1) is 12.8. The highest BCUT2D eigenvalue weighted by Gasteiger charge is 2.31. The van der Waals surface area contributed by atoms with Gasteiger partial charge in [0.1, 0.15) is 33.8 Å². The predicted octanol–water partition coefficient (Wildman–Crippen LogP) is 3.98. The molecule has 0 bridgehead atoms. The third-order valence-electron chi connectivity index (χ3n) is 4.90.